The van der Waals surface area contributed by atoms with Crippen LogP contribution in [0.1, 0.15) is 57.2 Å². The highest BCUT2D eigenvalue weighted by Gasteiger charge is 2.20. The molecule has 1 aliphatic carbocycles. The van der Waals surface area contributed by atoms with Gasteiger partial charge in [0.05, 0.1) is 11.9 Å². The first-order chi connectivity index (χ1) is 15.6. The second-order valence-corrected chi connectivity index (χ2v) is 8.45. The van der Waals surface area contributed by atoms with E-state index in [9.17, 15) is 4.79 Å². The van der Waals surface area contributed by atoms with Crippen LogP contribution in [0, 0.1) is 6.92 Å². The van der Waals surface area contributed by atoms with Gasteiger partial charge in [-0.1, -0.05) is 26.2 Å². The summed E-state index contributed by atoms with van der Waals surface area (Å²) in [6.07, 6.45) is 10.4. The third-order valence-corrected chi connectivity index (χ3v) is 6.20. The molecule has 0 spiro atoms. The number of carbonyl (C=O) groups excluding carboxylic acids is 1. The van der Waals surface area contributed by atoms with Gasteiger partial charge in [-0.2, -0.15) is 4.98 Å². The number of hydrogen-bond donors (Lipinski definition) is 2. The second kappa shape index (κ2) is 10.1. The third kappa shape index (κ3) is 4.75. The average Bonchev–Trinajstić information content (AvgIpc) is 3.15. The largest absolute Gasteiger partial charge is 0.327 e. The molecular formula is C24H33N7O. The fourth-order valence-electron chi connectivity index (χ4n) is 4.55. The van der Waals surface area contributed by atoms with E-state index in [0.29, 0.717) is 30.8 Å². The molecule has 0 atom stereocenters. The summed E-state index contributed by atoms with van der Waals surface area (Å²) in [7, 11) is 1.88. The molecular weight excluding hydrogens is 402 g/mol. The van der Waals surface area contributed by atoms with E-state index in [1.165, 1.54) is 37.8 Å². The SMILES string of the molecule is CCC(=O)N(CCNC)c1ccc(Nc2ncc3cc(C)n(C4CCCCC4)c3n2)nc1. The maximum Gasteiger partial charge on any atom is 0.230 e. The summed E-state index contributed by atoms with van der Waals surface area (Å²) >= 11 is 0. The van der Waals surface area contributed by atoms with Crippen molar-refractivity contribution in [1.29, 1.82) is 0 Å². The van der Waals surface area contributed by atoms with Crippen LogP contribution in [0.5, 0.6) is 0 Å². The first-order valence-corrected chi connectivity index (χ1v) is 11.6. The molecule has 0 aliphatic heterocycles. The van der Waals surface area contributed by atoms with Crippen LogP contribution < -0.4 is 15.5 Å². The number of pyridine rings is 1. The Labute approximate surface area is 189 Å². The minimum atomic E-state index is 0.0791. The maximum absolute atomic E-state index is 12.3. The van der Waals surface area contributed by atoms with Crippen LogP contribution in [0.25, 0.3) is 11.0 Å². The Bertz CT molecular complexity index is 1050. The molecule has 1 fully saturated rings. The highest BCUT2D eigenvalue weighted by atomic mass is 16.2. The lowest BCUT2D eigenvalue weighted by atomic mass is 9.95. The number of hydrogen-bond acceptors (Lipinski definition) is 6. The standard InChI is InChI=1S/C24H33N7O/c1-4-22(32)30(13-12-25-3)20-10-11-21(26-16-20)28-24-27-15-18-14-17(2)31(23(18)29-24)19-8-6-5-7-9-19/h10-11,14-16,19,25H,4-9,12-13H2,1-3H3,(H,26,27,28,29). The molecule has 0 saturated heterocycles. The minimum absolute atomic E-state index is 0.0791. The molecule has 8 heteroatoms. The van der Waals surface area contributed by atoms with Crippen LogP contribution in [0.2, 0.25) is 0 Å². The number of nitrogens with one attached hydrogen (secondary N) is 2. The molecule has 2 N–H and O–H groups in total. The average molecular weight is 436 g/mol. The molecule has 3 heterocycles. The topological polar surface area (TPSA) is 88.0 Å². The van der Waals surface area contributed by atoms with E-state index < -0.39 is 0 Å². The zero-order valence-corrected chi connectivity index (χ0v) is 19.3. The fourth-order valence-corrected chi connectivity index (χ4v) is 4.55. The lowest BCUT2D eigenvalue weighted by Gasteiger charge is -2.25. The van der Waals surface area contributed by atoms with E-state index in [1.54, 1.807) is 11.1 Å². The van der Waals surface area contributed by atoms with Gasteiger partial charge in [0.15, 0.2) is 0 Å². The summed E-state index contributed by atoms with van der Waals surface area (Å²) in [5, 5.41) is 7.39. The van der Waals surface area contributed by atoms with E-state index in [4.69, 9.17) is 4.98 Å². The van der Waals surface area contributed by atoms with Crippen LogP contribution >= 0.6 is 0 Å². The van der Waals surface area contributed by atoms with Crippen molar-refractivity contribution in [3.8, 4) is 0 Å². The number of nitrogens with zero attached hydrogens (tertiary/aromatic N) is 5. The number of amides is 1. The van der Waals surface area contributed by atoms with Gasteiger partial charge in [0.25, 0.3) is 0 Å². The Balaban J connectivity index is 1.54. The zero-order chi connectivity index (χ0) is 22.5. The molecule has 170 valence electrons. The Morgan fingerprint density at radius 1 is 1.19 bits per heavy atom. The summed E-state index contributed by atoms with van der Waals surface area (Å²) in [5.74, 6) is 1.26. The van der Waals surface area contributed by atoms with E-state index in [1.807, 2.05) is 32.3 Å². The number of aromatic nitrogens is 4. The van der Waals surface area contributed by atoms with Gasteiger partial charge >= 0.3 is 0 Å². The molecule has 0 unspecified atom stereocenters. The summed E-state index contributed by atoms with van der Waals surface area (Å²) < 4.78 is 2.38. The van der Waals surface area contributed by atoms with Crippen molar-refractivity contribution in [1.82, 2.24) is 24.8 Å². The zero-order valence-electron chi connectivity index (χ0n) is 19.3. The molecule has 0 aromatic carbocycles. The summed E-state index contributed by atoms with van der Waals surface area (Å²) in [5.41, 5.74) is 3.01. The molecule has 4 rings (SSSR count). The molecule has 1 aliphatic rings. The number of likely N-dealkylation sites (N-methyl/N-ethyl adjacent to an activating group) is 1. The van der Waals surface area contributed by atoms with Crippen molar-refractivity contribution < 1.29 is 4.79 Å². The van der Waals surface area contributed by atoms with Crippen LogP contribution in [-0.2, 0) is 4.79 Å². The quantitative estimate of drug-likeness (QED) is 0.547. The van der Waals surface area contributed by atoms with Gasteiger partial charge in [0, 0.05) is 42.8 Å². The van der Waals surface area contributed by atoms with Crippen LogP contribution in [-0.4, -0.2) is 45.6 Å². The predicted molar refractivity (Wildman–Crippen MR) is 128 cm³/mol. The third-order valence-electron chi connectivity index (χ3n) is 6.20. The van der Waals surface area contributed by atoms with Crippen LogP contribution in [0.15, 0.2) is 30.6 Å². The molecule has 3 aromatic rings. The van der Waals surface area contributed by atoms with Crippen LogP contribution in [0.3, 0.4) is 0 Å². The molecule has 3 aromatic heterocycles. The maximum atomic E-state index is 12.3. The summed E-state index contributed by atoms with van der Waals surface area (Å²) in [4.78, 5) is 27.9. The van der Waals surface area contributed by atoms with Gasteiger partial charge in [-0.3, -0.25) is 4.79 Å². The van der Waals surface area contributed by atoms with E-state index in [0.717, 1.165) is 23.3 Å². The van der Waals surface area contributed by atoms with Crippen molar-refractivity contribution in [3.05, 3.63) is 36.3 Å². The number of fused-ring (bicyclic) bond motifs is 1. The van der Waals surface area contributed by atoms with Gasteiger partial charge in [-0.05, 0) is 45.0 Å². The Morgan fingerprint density at radius 2 is 2.00 bits per heavy atom. The van der Waals surface area contributed by atoms with E-state index >= 15 is 0 Å². The smallest absolute Gasteiger partial charge is 0.230 e. The monoisotopic (exact) mass is 435 g/mol. The van der Waals surface area contributed by atoms with Gasteiger partial charge in [-0.15, -0.1) is 0 Å². The van der Waals surface area contributed by atoms with Gasteiger partial charge in [0.1, 0.15) is 11.5 Å². The first kappa shape index (κ1) is 22.2. The Morgan fingerprint density at radius 3 is 2.69 bits per heavy atom. The van der Waals surface area contributed by atoms with Crippen molar-refractivity contribution in [2.45, 2.75) is 58.4 Å². The first-order valence-electron chi connectivity index (χ1n) is 11.6. The number of aryl methyl sites for hydroxylation is 1. The molecule has 1 amide bonds. The molecule has 8 nitrogen and oxygen atoms in total. The van der Waals surface area contributed by atoms with Crippen molar-refractivity contribution in [2.24, 2.45) is 0 Å². The van der Waals surface area contributed by atoms with Crippen molar-refractivity contribution in [2.75, 3.05) is 30.4 Å². The van der Waals surface area contributed by atoms with Gasteiger partial charge < -0.3 is 20.1 Å². The lowest BCUT2D eigenvalue weighted by molar-refractivity contribution is -0.118. The Hall–Kier alpha value is -3.00. The normalized spacial score (nSPS) is 14.6. The Kier molecular flexibility index (Phi) is 6.99. The second-order valence-electron chi connectivity index (χ2n) is 8.45. The molecule has 0 radical (unpaired) electrons. The molecule has 0 bridgehead atoms. The molecule has 32 heavy (non-hydrogen) atoms. The van der Waals surface area contributed by atoms with E-state index in [2.05, 4.69) is 38.2 Å². The van der Waals surface area contributed by atoms with E-state index in [-0.39, 0.29) is 5.91 Å². The van der Waals surface area contributed by atoms with Crippen molar-refractivity contribution in [3.63, 3.8) is 0 Å². The van der Waals surface area contributed by atoms with Gasteiger partial charge in [-0.25, -0.2) is 9.97 Å². The lowest BCUT2D eigenvalue weighted by Crippen LogP contribution is -2.35. The minimum Gasteiger partial charge on any atom is -0.327 e. The number of anilines is 3. The van der Waals surface area contributed by atoms with Crippen LogP contribution in [0.4, 0.5) is 17.5 Å². The molecule has 1 saturated carbocycles. The van der Waals surface area contributed by atoms with Gasteiger partial charge in [0.2, 0.25) is 11.9 Å². The number of rotatable bonds is 8. The number of carbonyl (C=O) groups is 1. The summed E-state index contributed by atoms with van der Waals surface area (Å²) in [6, 6.07) is 6.46. The highest BCUT2D eigenvalue weighted by Crippen LogP contribution is 2.33. The predicted octanol–water partition coefficient (Wildman–Crippen LogP) is 4.35. The fraction of sp³-hybridized carbons (Fsp3) is 0.500. The van der Waals surface area contributed by atoms with Crippen molar-refractivity contribution >= 4 is 34.4 Å². The summed E-state index contributed by atoms with van der Waals surface area (Å²) in [6.45, 7) is 5.35. The highest BCUT2D eigenvalue weighted by molar-refractivity contribution is 5.93.